The first kappa shape index (κ1) is 22.8. The predicted molar refractivity (Wildman–Crippen MR) is 129 cm³/mol. The van der Waals surface area contributed by atoms with Gasteiger partial charge in [-0.05, 0) is 37.1 Å². The van der Waals surface area contributed by atoms with E-state index in [2.05, 4.69) is 10.3 Å². The number of methoxy groups -OCH3 is 1. The Hall–Kier alpha value is -3.94. The highest BCUT2D eigenvalue weighted by Gasteiger charge is 2.40. The normalized spacial score (nSPS) is 16.8. The van der Waals surface area contributed by atoms with Crippen LogP contribution in [0.15, 0.2) is 54.9 Å². The lowest BCUT2D eigenvalue weighted by Gasteiger charge is -2.29. The van der Waals surface area contributed by atoms with Gasteiger partial charge in [-0.2, -0.15) is 0 Å². The molecule has 180 valence electrons. The van der Waals surface area contributed by atoms with E-state index in [1.165, 1.54) is 11.0 Å². The predicted octanol–water partition coefficient (Wildman–Crippen LogP) is 3.88. The van der Waals surface area contributed by atoms with Crippen molar-refractivity contribution in [2.45, 2.75) is 44.2 Å². The second-order valence-electron chi connectivity index (χ2n) is 9.08. The molecule has 1 fully saturated rings. The number of rotatable bonds is 6. The molecule has 1 unspecified atom stereocenters. The Labute approximate surface area is 203 Å². The summed E-state index contributed by atoms with van der Waals surface area (Å²) in [6, 6.07) is 11.5. The van der Waals surface area contributed by atoms with E-state index >= 15 is 0 Å². The van der Waals surface area contributed by atoms with Crippen molar-refractivity contribution in [1.82, 2.24) is 19.8 Å². The molecule has 3 amide bonds. The van der Waals surface area contributed by atoms with Crippen LogP contribution in [-0.2, 0) is 7.05 Å². The van der Waals surface area contributed by atoms with Gasteiger partial charge in [0.05, 0.1) is 18.2 Å². The van der Waals surface area contributed by atoms with Crippen LogP contribution in [0.2, 0.25) is 0 Å². The number of benzene rings is 2. The molecule has 2 aromatic carbocycles. The minimum absolute atomic E-state index is 0.0632. The number of nitrogens with zero attached hydrogens (tertiary/aromatic N) is 3. The number of aromatic nitrogens is 2. The second kappa shape index (κ2) is 9.37. The highest BCUT2D eigenvalue weighted by molar-refractivity contribution is 6.22. The van der Waals surface area contributed by atoms with Crippen LogP contribution >= 0.6 is 0 Å². The third-order valence-corrected chi connectivity index (χ3v) is 6.96. The Morgan fingerprint density at radius 3 is 2.51 bits per heavy atom. The van der Waals surface area contributed by atoms with Gasteiger partial charge in [0.1, 0.15) is 17.6 Å². The third kappa shape index (κ3) is 4.09. The molecular formula is C27H28N4O4. The molecule has 1 aliphatic heterocycles. The first-order chi connectivity index (χ1) is 17.0. The molecule has 3 aromatic rings. The summed E-state index contributed by atoms with van der Waals surface area (Å²) < 4.78 is 7.37. The molecule has 1 aliphatic carbocycles. The average Bonchev–Trinajstić information content (AvgIpc) is 3.42. The Bertz CT molecular complexity index is 1290. The quantitative estimate of drug-likeness (QED) is 0.550. The van der Waals surface area contributed by atoms with Crippen molar-refractivity contribution < 1.29 is 19.1 Å². The number of carbonyl (C=O) groups excluding carboxylic acids is 3. The minimum Gasteiger partial charge on any atom is -0.496 e. The van der Waals surface area contributed by atoms with Gasteiger partial charge < -0.3 is 14.6 Å². The van der Waals surface area contributed by atoms with Gasteiger partial charge in [0.25, 0.3) is 17.7 Å². The van der Waals surface area contributed by atoms with Crippen LogP contribution in [0.3, 0.4) is 0 Å². The van der Waals surface area contributed by atoms with E-state index in [1.54, 1.807) is 25.4 Å². The molecule has 8 nitrogen and oxygen atoms in total. The fourth-order valence-corrected chi connectivity index (χ4v) is 5.13. The summed E-state index contributed by atoms with van der Waals surface area (Å²) in [4.78, 5) is 45.4. The van der Waals surface area contributed by atoms with E-state index in [4.69, 9.17) is 4.74 Å². The van der Waals surface area contributed by atoms with Crippen molar-refractivity contribution in [2.24, 2.45) is 7.05 Å². The summed E-state index contributed by atoms with van der Waals surface area (Å²) in [6.07, 6.45) is 8.32. The van der Waals surface area contributed by atoms with Crippen molar-refractivity contribution in [3.8, 4) is 5.75 Å². The monoisotopic (exact) mass is 472 g/mol. The molecule has 2 aliphatic rings. The summed E-state index contributed by atoms with van der Waals surface area (Å²) in [6.45, 7) is 0. The molecule has 0 spiro atoms. The van der Waals surface area contributed by atoms with E-state index in [0.29, 0.717) is 28.3 Å². The largest absolute Gasteiger partial charge is 0.496 e. The Balaban J connectivity index is 1.45. The molecule has 8 heteroatoms. The van der Waals surface area contributed by atoms with Gasteiger partial charge in [-0.3, -0.25) is 19.3 Å². The van der Waals surface area contributed by atoms with Crippen molar-refractivity contribution in [2.75, 3.05) is 7.11 Å². The fraction of sp³-hybridized carbons (Fsp3) is 0.333. The van der Waals surface area contributed by atoms with Crippen LogP contribution in [0.5, 0.6) is 5.75 Å². The van der Waals surface area contributed by atoms with Gasteiger partial charge in [0.15, 0.2) is 0 Å². The molecule has 5 rings (SSSR count). The lowest BCUT2D eigenvalue weighted by Crippen LogP contribution is -2.40. The molecule has 35 heavy (non-hydrogen) atoms. The number of carbonyl (C=O) groups is 3. The highest BCUT2D eigenvalue weighted by atomic mass is 16.5. The number of hydrogen-bond acceptors (Lipinski definition) is 5. The first-order valence-corrected chi connectivity index (χ1v) is 11.9. The molecule has 1 aromatic heterocycles. The van der Waals surface area contributed by atoms with Crippen LogP contribution in [0.4, 0.5) is 0 Å². The number of imide groups is 1. The second-order valence-corrected chi connectivity index (χ2v) is 9.08. The highest BCUT2D eigenvalue weighted by Crippen LogP contribution is 2.32. The van der Waals surface area contributed by atoms with Crippen molar-refractivity contribution >= 4 is 17.7 Å². The van der Waals surface area contributed by atoms with Crippen LogP contribution in [0.1, 0.15) is 80.6 Å². The minimum atomic E-state index is -0.581. The molecule has 1 saturated carbocycles. The van der Waals surface area contributed by atoms with E-state index in [9.17, 15) is 14.4 Å². The van der Waals surface area contributed by atoms with E-state index in [-0.39, 0.29) is 23.8 Å². The standard InChI is InChI=1S/C27H28N4O4/c1-30-15-14-28-24(30)23(20-10-6-7-11-22(20)35-2)29-25(32)17-12-13-19-21(16-17)27(34)31(26(19)33)18-8-4-3-5-9-18/h6-7,10-16,18,23H,3-5,8-9H2,1-2H3,(H,29,32). The summed E-state index contributed by atoms with van der Waals surface area (Å²) in [5.74, 6) is 0.321. The number of aryl methyl sites for hydroxylation is 1. The van der Waals surface area contributed by atoms with E-state index in [1.807, 2.05) is 42.1 Å². The zero-order chi connectivity index (χ0) is 24.5. The van der Waals surface area contributed by atoms with Crippen LogP contribution < -0.4 is 10.1 Å². The molecular weight excluding hydrogens is 444 g/mol. The summed E-state index contributed by atoms with van der Waals surface area (Å²) >= 11 is 0. The Morgan fingerprint density at radius 1 is 1.06 bits per heavy atom. The third-order valence-electron chi connectivity index (χ3n) is 6.96. The Morgan fingerprint density at radius 2 is 1.80 bits per heavy atom. The van der Waals surface area contributed by atoms with Gasteiger partial charge >= 0.3 is 0 Å². The summed E-state index contributed by atoms with van der Waals surface area (Å²) in [7, 11) is 3.44. The first-order valence-electron chi connectivity index (χ1n) is 11.9. The van der Waals surface area contributed by atoms with Crippen LogP contribution in [0, 0.1) is 0 Å². The maximum absolute atomic E-state index is 13.4. The van der Waals surface area contributed by atoms with Gasteiger partial charge in [-0.25, -0.2) is 4.98 Å². The van der Waals surface area contributed by atoms with Gasteiger partial charge in [0.2, 0.25) is 0 Å². The van der Waals surface area contributed by atoms with Crippen LogP contribution in [-0.4, -0.2) is 45.3 Å². The maximum Gasteiger partial charge on any atom is 0.261 e. The SMILES string of the molecule is COc1ccccc1C(NC(=O)c1ccc2c(c1)C(=O)N(C1CCCCC1)C2=O)c1nccn1C. The van der Waals surface area contributed by atoms with Crippen molar-refractivity contribution in [3.05, 3.63) is 82.9 Å². The average molecular weight is 473 g/mol. The number of nitrogens with one attached hydrogen (secondary N) is 1. The molecule has 1 N–H and O–H groups in total. The summed E-state index contributed by atoms with van der Waals surface area (Å²) in [5.41, 5.74) is 1.72. The lowest BCUT2D eigenvalue weighted by molar-refractivity contribution is 0.0548. The number of fused-ring (bicyclic) bond motifs is 1. The fourth-order valence-electron chi connectivity index (χ4n) is 5.13. The van der Waals surface area contributed by atoms with E-state index < -0.39 is 6.04 Å². The molecule has 0 radical (unpaired) electrons. The number of amides is 3. The molecule has 0 bridgehead atoms. The number of ether oxygens (including phenoxy) is 1. The molecule has 2 heterocycles. The maximum atomic E-state index is 13.4. The number of para-hydroxylation sites is 1. The topological polar surface area (TPSA) is 93.5 Å². The lowest BCUT2D eigenvalue weighted by atomic mass is 9.94. The zero-order valence-electron chi connectivity index (χ0n) is 19.9. The van der Waals surface area contributed by atoms with Gasteiger partial charge in [-0.15, -0.1) is 0 Å². The van der Waals surface area contributed by atoms with Gasteiger partial charge in [-0.1, -0.05) is 37.5 Å². The summed E-state index contributed by atoms with van der Waals surface area (Å²) in [5, 5.41) is 3.05. The van der Waals surface area contributed by atoms with E-state index in [0.717, 1.165) is 37.7 Å². The van der Waals surface area contributed by atoms with Crippen molar-refractivity contribution in [1.29, 1.82) is 0 Å². The van der Waals surface area contributed by atoms with Crippen molar-refractivity contribution in [3.63, 3.8) is 0 Å². The number of imidazole rings is 1. The molecule has 0 saturated heterocycles. The van der Waals surface area contributed by atoms with Gasteiger partial charge in [0, 0.05) is 36.6 Å². The molecule has 1 atom stereocenters. The number of hydrogen-bond donors (Lipinski definition) is 1. The Kier molecular flexibility index (Phi) is 6.11. The zero-order valence-corrected chi connectivity index (χ0v) is 19.9. The smallest absolute Gasteiger partial charge is 0.261 e. The van der Waals surface area contributed by atoms with Crippen LogP contribution in [0.25, 0.3) is 0 Å².